The van der Waals surface area contributed by atoms with E-state index in [1.54, 1.807) is 12.1 Å². The fourth-order valence-corrected chi connectivity index (χ4v) is 1.97. The quantitative estimate of drug-likeness (QED) is 0.703. The van der Waals surface area contributed by atoms with Gasteiger partial charge in [0.25, 0.3) is 0 Å². The number of hydrogen-bond acceptors (Lipinski definition) is 5. The Morgan fingerprint density at radius 2 is 1.90 bits per heavy atom. The highest BCUT2D eigenvalue weighted by Crippen LogP contribution is 2.37. The summed E-state index contributed by atoms with van der Waals surface area (Å²) >= 11 is 0. The van der Waals surface area contributed by atoms with E-state index in [0.29, 0.717) is 24.1 Å². The van der Waals surface area contributed by atoms with Crippen molar-refractivity contribution in [3.8, 4) is 17.2 Å². The maximum atomic E-state index is 11.9. The molecule has 1 saturated carbocycles. The zero-order valence-electron chi connectivity index (χ0n) is 12.6. The third-order valence-corrected chi connectivity index (χ3v) is 3.47. The van der Waals surface area contributed by atoms with Gasteiger partial charge in [-0.15, -0.1) is 0 Å². The van der Waals surface area contributed by atoms with Gasteiger partial charge in [0.05, 0.1) is 20.3 Å². The van der Waals surface area contributed by atoms with Gasteiger partial charge in [-0.25, -0.2) is 0 Å². The minimum absolute atomic E-state index is 0.00945. The number of hydrogen-bond donors (Lipinski definition) is 3. The van der Waals surface area contributed by atoms with Crippen molar-refractivity contribution in [1.29, 1.82) is 0 Å². The molecule has 2 rings (SSSR count). The largest absolute Gasteiger partial charge is 0.502 e. The lowest BCUT2D eigenvalue weighted by molar-refractivity contribution is -0.122. The number of rotatable bonds is 7. The van der Waals surface area contributed by atoms with Gasteiger partial charge in [-0.3, -0.25) is 4.79 Å². The van der Waals surface area contributed by atoms with Gasteiger partial charge >= 0.3 is 0 Å². The number of phenolic OH excluding ortho intramolecular Hbond substituents is 1. The summed E-state index contributed by atoms with van der Waals surface area (Å²) in [5.74, 6) is 0.681. The molecular weight excluding hydrogens is 272 g/mol. The van der Waals surface area contributed by atoms with E-state index < -0.39 is 0 Å². The first-order chi connectivity index (χ1) is 10.0. The van der Waals surface area contributed by atoms with Crippen molar-refractivity contribution in [3.05, 3.63) is 17.7 Å². The van der Waals surface area contributed by atoms with E-state index in [9.17, 15) is 9.90 Å². The van der Waals surface area contributed by atoms with Crippen LogP contribution in [-0.2, 0) is 11.3 Å². The lowest BCUT2D eigenvalue weighted by Gasteiger charge is -2.15. The summed E-state index contributed by atoms with van der Waals surface area (Å²) < 4.78 is 10.2. The van der Waals surface area contributed by atoms with Gasteiger partial charge in [0, 0.05) is 12.6 Å². The Bertz CT molecular complexity index is 489. The number of carbonyl (C=O) groups excluding carboxylic acids is 1. The molecule has 21 heavy (non-hydrogen) atoms. The summed E-state index contributed by atoms with van der Waals surface area (Å²) in [6.07, 6.45) is 2.15. The molecule has 0 spiro atoms. The number of aromatic hydroxyl groups is 1. The maximum absolute atomic E-state index is 11.9. The molecule has 0 aromatic heterocycles. The third-order valence-electron chi connectivity index (χ3n) is 3.47. The molecule has 1 aromatic carbocycles. The lowest BCUT2D eigenvalue weighted by atomic mass is 10.1. The van der Waals surface area contributed by atoms with Crippen LogP contribution in [0.5, 0.6) is 17.2 Å². The highest BCUT2D eigenvalue weighted by molar-refractivity contribution is 5.81. The Balaban J connectivity index is 1.96. The molecule has 6 nitrogen and oxygen atoms in total. The second-order valence-electron chi connectivity index (χ2n) is 5.23. The number of nitrogens with one attached hydrogen (secondary N) is 2. The minimum Gasteiger partial charge on any atom is -0.502 e. The van der Waals surface area contributed by atoms with E-state index in [-0.39, 0.29) is 17.7 Å². The second kappa shape index (κ2) is 6.67. The van der Waals surface area contributed by atoms with E-state index in [4.69, 9.17) is 9.47 Å². The molecule has 116 valence electrons. The van der Waals surface area contributed by atoms with E-state index in [1.807, 2.05) is 6.92 Å². The topological polar surface area (TPSA) is 79.8 Å². The van der Waals surface area contributed by atoms with E-state index in [1.165, 1.54) is 14.2 Å². The van der Waals surface area contributed by atoms with Crippen LogP contribution in [0.25, 0.3) is 0 Å². The summed E-state index contributed by atoms with van der Waals surface area (Å²) in [5.41, 5.74) is 0.868. The zero-order chi connectivity index (χ0) is 15.4. The van der Waals surface area contributed by atoms with E-state index in [2.05, 4.69) is 10.6 Å². The van der Waals surface area contributed by atoms with Crippen LogP contribution >= 0.6 is 0 Å². The smallest absolute Gasteiger partial charge is 0.237 e. The third kappa shape index (κ3) is 4.01. The Labute approximate surface area is 124 Å². The first-order valence-corrected chi connectivity index (χ1v) is 7.02. The minimum atomic E-state index is -0.281. The average molecular weight is 294 g/mol. The lowest BCUT2D eigenvalue weighted by Crippen LogP contribution is -2.42. The van der Waals surface area contributed by atoms with Crippen LogP contribution in [0.4, 0.5) is 0 Å². The molecular formula is C15H22N2O4. The predicted octanol–water partition coefficient (Wildman–Crippen LogP) is 1.17. The van der Waals surface area contributed by atoms with Gasteiger partial charge in [-0.2, -0.15) is 0 Å². The van der Waals surface area contributed by atoms with Gasteiger partial charge in [-0.05, 0) is 37.5 Å². The number of benzene rings is 1. The summed E-state index contributed by atoms with van der Waals surface area (Å²) in [7, 11) is 2.97. The highest BCUT2D eigenvalue weighted by atomic mass is 16.5. The van der Waals surface area contributed by atoms with Gasteiger partial charge < -0.3 is 25.2 Å². The van der Waals surface area contributed by atoms with Gasteiger partial charge in [0.2, 0.25) is 11.7 Å². The molecule has 1 amide bonds. The highest BCUT2D eigenvalue weighted by Gasteiger charge is 2.25. The van der Waals surface area contributed by atoms with Crippen molar-refractivity contribution in [3.63, 3.8) is 0 Å². The van der Waals surface area contributed by atoms with Crippen molar-refractivity contribution in [1.82, 2.24) is 10.6 Å². The van der Waals surface area contributed by atoms with Crippen LogP contribution in [-0.4, -0.2) is 37.3 Å². The Kier molecular flexibility index (Phi) is 4.90. The summed E-state index contributed by atoms with van der Waals surface area (Å²) in [5, 5.41) is 16.0. The van der Waals surface area contributed by atoms with Crippen molar-refractivity contribution in [2.75, 3.05) is 14.2 Å². The molecule has 1 fully saturated rings. The molecule has 0 saturated heterocycles. The Morgan fingerprint density at radius 3 is 2.38 bits per heavy atom. The Hall–Kier alpha value is -1.95. The molecule has 1 aliphatic carbocycles. The first kappa shape index (κ1) is 15.4. The molecule has 1 unspecified atom stereocenters. The number of methoxy groups -OCH3 is 2. The summed E-state index contributed by atoms with van der Waals surface area (Å²) in [6, 6.07) is 3.51. The normalized spacial score (nSPS) is 15.4. The monoisotopic (exact) mass is 294 g/mol. The maximum Gasteiger partial charge on any atom is 0.237 e. The molecule has 3 N–H and O–H groups in total. The Morgan fingerprint density at radius 1 is 1.33 bits per heavy atom. The number of carbonyl (C=O) groups is 1. The van der Waals surface area contributed by atoms with Gasteiger partial charge in [-0.1, -0.05) is 0 Å². The van der Waals surface area contributed by atoms with Crippen molar-refractivity contribution >= 4 is 5.91 Å². The standard InChI is InChI=1S/C15H22N2O4/c1-9(15(19)17-11-4-5-11)16-8-10-6-12(20-2)14(18)13(7-10)21-3/h6-7,9,11,16,18H,4-5,8H2,1-3H3,(H,17,19). The molecule has 1 aromatic rings. The predicted molar refractivity (Wildman–Crippen MR) is 78.7 cm³/mol. The van der Waals surface area contributed by atoms with Crippen LogP contribution in [0, 0.1) is 0 Å². The number of amides is 1. The van der Waals surface area contributed by atoms with Crippen molar-refractivity contribution < 1.29 is 19.4 Å². The number of ether oxygens (including phenoxy) is 2. The second-order valence-corrected chi connectivity index (χ2v) is 5.23. The average Bonchev–Trinajstić information content (AvgIpc) is 3.29. The molecule has 0 heterocycles. The van der Waals surface area contributed by atoms with Crippen LogP contribution in [0.1, 0.15) is 25.3 Å². The first-order valence-electron chi connectivity index (χ1n) is 7.02. The zero-order valence-corrected chi connectivity index (χ0v) is 12.6. The van der Waals surface area contributed by atoms with Crippen LogP contribution in [0.2, 0.25) is 0 Å². The van der Waals surface area contributed by atoms with Crippen molar-refractivity contribution in [2.24, 2.45) is 0 Å². The van der Waals surface area contributed by atoms with Gasteiger partial charge in [0.15, 0.2) is 11.5 Å². The van der Waals surface area contributed by atoms with E-state index in [0.717, 1.165) is 18.4 Å². The summed E-state index contributed by atoms with van der Waals surface area (Å²) in [4.78, 5) is 11.9. The molecule has 1 aliphatic rings. The molecule has 1 atom stereocenters. The molecule has 6 heteroatoms. The summed E-state index contributed by atoms with van der Waals surface area (Å²) in [6.45, 7) is 2.30. The molecule has 0 bridgehead atoms. The fourth-order valence-electron chi connectivity index (χ4n) is 1.97. The van der Waals surface area contributed by atoms with Gasteiger partial charge in [0.1, 0.15) is 0 Å². The van der Waals surface area contributed by atoms with Crippen LogP contribution in [0.15, 0.2) is 12.1 Å². The molecule has 0 aliphatic heterocycles. The fraction of sp³-hybridized carbons (Fsp3) is 0.533. The SMILES string of the molecule is COc1cc(CNC(C)C(=O)NC2CC2)cc(OC)c1O. The van der Waals surface area contributed by atoms with Crippen molar-refractivity contribution in [2.45, 2.75) is 38.4 Å². The molecule has 0 radical (unpaired) electrons. The van der Waals surface area contributed by atoms with Crippen LogP contribution < -0.4 is 20.1 Å². The van der Waals surface area contributed by atoms with Crippen LogP contribution in [0.3, 0.4) is 0 Å². The number of phenols is 1. The van der Waals surface area contributed by atoms with E-state index >= 15 is 0 Å².